The van der Waals surface area contributed by atoms with Crippen molar-refractivity contribution in [3.63, 3.8) is 0 Å². The van der Waals surface area contributed by atoms with Crippen molar-refractivity contribution >= 4 is 35.1 Å². The van der Waals surface area contributed by atoms with Gasteiger partial charge in [-0.25, -0.2) is 4.39 Å². The van der Waals surface area contributed by atoms with Crippen molar-refractivity contribution in [1.82, 2.24) is 21.5 Å². The van der Waals surface area contributed by atoms with Crippen LogP contribution in [0.15, 0.2) is 54.6 Å². The molecule has 0 unspecified atom stereocenters. The van der Waals surface area contributed by atoms with Crippen LogP contribution in [0, 0.1) is 5.82 Å². The first kappa shape index (κ1) is 21.0. The Balaban J connectivity index is 1.63. The summed E-state index contributed by atoms with van der Waals surface area (Å²) in [5.41, 5.74) is 5.84. The minimum atomic E-state index is -0.549. The van der Waals surface area contributed by atoms with Crippen LogP contribution in [0.3, 0.4) is 0 Å². The van der Waals surface area contributed by atoms with Gasteiger partial charge in [0.1, 0.15) is 5.82 Å². The maximum Gasteiger partial charge on any atom is 0.257 e. The molecule has 4 N–H and O–H groups in total. The fraction of sp³-hybridized carbons (Fsp3) is 0.158. The lowest BCUT2D eigenvalue weighted by molar-refractivity contribution is -0.126. The quantitative estimate of drug-likeness (QED) is 0.434. The summed E-state index contributed by atoms with van der Waals surface area (Å²) in [5.74, 6) is -1.73. The van der Waals surface area contributed by atoms with Crippen LogP contribution in [0.25, 0.3) is 0 Å². The van der Waals surface area contributed by atoms with E-state index in [0.717, 1.165) is 17.7 Å². The number of hydrazine groups is 1. The fourth-order valence-corrected chi connectivity index (χ4v) is 2.25. The Bertz CT molecular complexity index is 844. The largest absolute Gasteiger partial charge is 0.352 e. The van der Waals surface area contributed by atoms with Crippen LogP contribution in [-0.4, -0.2) is 22.8 Å². The van der Waals surface area contributed by atoms with Crippen LogP contribution in [0.4, 0.5) is 4.39 Å². The molecule has 2 aromatic rings. The predicted octanol–water partition coefficient (Wildman–Crippen LogP) is 1.56. The molecule has 0 atom stereocenters. The molecular formula is C19H19FN4O3S. The lowest BCUT2D eigenvalue weighted by Gasteiger charge is -2.11. The van der Waals surface area contributed by atoms with E-state index in [0.29, 0.717) is 6.54 Å². The number of carbonyl (C=O) groups is 3. The molecule has 28 heavy (non-hydrogen) atoms. The first-order valence-corrected chi connectivity index (χ1v) is 8.81. The number of hydrogen-bond donors (Lipinski definition) is 4. The lowest BCUT2D eigenvalue weighted by atomic mass is 10.2. The summed E-state index contributed by atoms with van der Waals surface area (Å²) in [6.45, 7) is 0.388. The molecule has 0 saturated carbocycles. The van der Waals surface area contributed by atoms with Crippen molar-refractivity contribution in [1.29, 1.82) is 0 Å². The molecule has 0 bridgehead atoms. The van der Waals surface area contributed by atoms with Crippen LogP contribution < -0.4 is 21.5 Å². The topological polar surface area (TPSA) is 99.3 Å². The molecule has 9 heteroatoms. The highest BCUT2D eigenvalue weighted by molar-refractivity contribution is 7.80. The van der Waals surface area contributed by atoms with Gasteiger partial charge in [-0.2, -0.15) is 0 Å². The second-order valence-corrected chi connectivity index (χ2v) is 6.13. The Hall–Kier alpha value is -3.33. The Morgan fingerprint density at radius 1 is 0.857 bits per heavy atom. The van der Waals surface area contributed by atoms with E-state index in [-0.39, 0.29) is 29.4 Å². The molecule has 0 saturated heterocycles. The SMILES string of the molecule is O=C(CCC(=O)NNC(=S)NC(=O)c1ccc(F)cc1)NCc1ccccc1. The second kappa shape index (κ2) is 10.7. The van der Waals surface area contributed by atoms with Crippen LogP contribution in [0.2, 0.25) is 0 Å². The van der Waals surface area contributed by atoms with Crippen molar-refractivity contribution < 1.29 is 18.8 Å². The molecule has 2 aromatic carbocycles. The van der Waals surface area contributed by atoms with Gasteiger partial charge in [-0.05, 0) is 42.0 Å². The lowest BCUT2D eigenvalue weighted by Crippen LogP contribution is -2.48. The number of carbonyl (C=O) groups excluding carboxylic acids is 3. The van der Waals surface area contributed by atoms with Gasteiger partial charge in [-0.15, -0.1) is 0 Å². The van der Waals surface area contributed by atoms with E-state index in [1.807, 2.05) is 30.3 Å². The van der Waals surface area contributed by atoms with Gasteiger partial charge in [-0.3, -0.25) is 30.6 Å². The molecule has 7 nitrogen and oxygen atoms in total. The van der Waals surface area contributed by atoms with Gasteiger partial charge in [0.05, 0.1) is 0 Å². The maximum atomic E-state index is 12.8. The predicted molar refractivity (Wildman–Crippen MR) is 105 cm³/mol. The molecule has 0 radical (unpaired) electrons. The first-order valence-electron chi connectivity index (χ1n) is 8.40. The number of amides is 3. The summed E-state index contributed by atoms with van der Waals surface area (Å²) < 4.78 is 12.8. The van der Waals surface area contributed by atoms with E-state index in [1.165, 1.54) is 12.1 Å². The van der Waals surface area contributed by atoms with E-state index >= 15 is 0 Å². The molecule has 2 rings (SSSR count). The number of thiocarbonyl (C=S) groups is 1. The minimum Gasteiger partial charge on any atom is -0.352 e. The van der Waals surface area contributed by atoms with Gasteiger partial charge in [0, 0.05) is 24.9 Å². The summed E-state index contributed by atoms with van der Waals surface area (Å²) in [7, 11) is 0. The van der Waals surface area contributed by atoms with Gasteiger partial charge < -0.3 is 5.32 Å². The van der Waals surface area contributed by atoms with E-state index in [2.05, 4.69) is 21.5 Å². The zero-order valence-electron chi connectivity index (χ0n) is 14.8. The minimum absolute atomic E-state index is 0.00898. The summed E-state index contributed by atoms with van der Waals surface area (Å²) in [6.07, 6.45) is -0.0445. The molecule has 0 heterocycles. The Morgan fingerprint density at radius 3 is 2.18 bits per heavy atom. The Kier molecular flexibility index (Phi) is 8.04. The molecule has 0 spiro atoms. The van der Waals surface area contributed by atoms with Crippen molar-refractivity contribution in [2.24, 2.45) is 0 Å². The van der Waals surface area contributed by atoms with Crippen LogP contribution >= 0.6 is 12.2 Å². The number of hydrogen-bond acceptors (Lipinski definition) is 4. The third kappa shape index (κ3) is 7.50. The zero-order chi connectivity index (χ0) is 20.4. The molecular weight excluding hydrogens is 383 g/mol. The van der Waals surface area contributed by atoms with Crippen molar-refractivity contribution in [2.45, 2.75) is 19.4 Å². The van der Waals surface area contributed by atoms with E-state index in [4.69, 9.17) is 12.2 Å². The fourth-order valence-electron chi connectivity index (χ4n) is 2.11. The van der Waals surface area contributed by atoms with E-state index < -0.39 is 17.6 Å². The van der Waals surface area contributed by atoms with Crippen LogP contribution in [-0.2, 0) is 16.1 Å². The summed E-state index contributed by atoms with van der Waals surface area (Å²) in [5, 5.41) is 4.93. The van der Waals surface area contributed by atoms with Gasteiger partial charge in [0.2, 0.25) is 11.8 Å². The zero-order valence-corrected chi connectivity index (χ0v) is 15.6. The monoisotopic (exact) mass is 402 g/mol. The molecule has 0 fully saturated rings. The van der Waals surface area contributed by atoms with Crippen molar-refractivity contribution in [3.8, 4) is 0 Å². The molecule has 0 aliphatic rings. The molecule has 0 aliphatic carbocycles. The van der Waals surface area contributed by atoms with E-state index in [1.54, 1.807) is 0 Å². The third-order valence-corrected chi connectivity index (χ3v) is 3.76. The Labute approximate surface area is 166 Å². The van der Waals surface area contributed by atoms with Crippen molar-refractivity contribution in [2.75, 3.05) is 0 Å². The van der Waals surface area contributed by atoms with Gasteiger partial charge in [-0.1, -0.05) is 30.3 Å². The number of benzene rings is 2. The summed E-state index contributed by atoms with van der Waals surface area (Å²) in [4.78, 5) is 35.4. The maximum absolute atomic E-state index is 12.8. The van der Waals surface area contributed by atoms with Crippen LogP contribution in [0.1, 0.15) is 28.8 Å². The molecule has 3 amide bonds. The highest BCUT2D eigenvalue weighted by Gasteiger charge is 2.10. The Morgan fingerprint density at radius 2 is 1.50 bits per heavy atom. The second-order valence-electron chi connectivity index (χ2n) is 5.73. The van der Waals surface area contributed by atoms with Gasteiger partial charge in [0.25, 0.3) is 5.91 Å². The van der Waals surface area contributed by atoms with Gasteiger partial charge in [0.15, 0.2) is 5.11 Å². The number of nitrogens with one attached hydrogen (secondary N) is 4. The number of halogens is 1. The molecule has 146 valence electrons. The van der Waals surface area contributed by atoms with Crippen molar-refractivity contribution in [3.05, 3.63) is 71.5 Å². The highest BCUT2D eigenvalue weighted by atomic mass is 32.1. The first-order chi connectivity index (χ1) is 13.4. The normalized spacial score (nSPS) is 9.89. The third-order valence-electron chi connectivity index (χ3n) is 3.56. The van der Waals surface area contributed by atoms with E-state index in [9.17, 15) is 18.8 Å². The average Bonchev–Trinajstić information content (AvgIpc) is 2.70. The molecule has 0 aliphatic heterocycles. The summed E-state index contributed by atoms with van der Waals surface area (Å²) in [6, 6.07) is 14.3. The number of rotatable bonds is 6. The van der Waals surface area contributed by atoms with Crippen LogP contribution in [0.5, 0.6) is 0 Å². The standard InChI is InChI=1S/C19H19FN4O3S/c20-15-8-6-14(7-9-15)18(27)22-19(28)24-23-17(26)11-10-16(25)21-12-13-4-2-1-3-5-13/h1-9H,10-12H2,(H,21,25)(H,23,26)(H2,22,24,27,28). The average molecular weight is 402 g/mol. The molecule has 0 aromatic heterocycles. The highest BCUT2D eigenvalue weighted by Crippen LogP contribution is 2.02. The summed E-state index contributed by atoms with van der Waals surface area (Å²) >= 11 is 4.89. The smallest absolute Gasteiger partial charge is 0.257 e. The van der Waals surface area contributed by atoms with Gasteiger partial charge >= 0.3 is 0 Å².